The smallest absolute Gasteiger partial charge is 0.309 e. The third-order valence-electron chi connectivity index (χ3n) is 3.96. The van der Waals surface area contributed by atoms with Crippen LogP contribution in [0.3, 0.4) is 0 Å². The number of carbonyl (C=O) groups excluding carboxylic acids is 1. The lowest BCUT2D eigenvalue weighted by molar-refractivity contribution is -0.137. The molecular weight excluding hydrogens is 381 g/mol. The van der Waals surface area contributed by atoms with E-state index in [2.05, 4.69) is 15.4 Å². The molecule has 0 spiro atoms. The minimum absolute atomic E-state index is 0.188. The van der Waals surface area contributed by atoms with Crippen molar-refractivity contribution in [3.05, 3.63) is 52.8 Å². The van der Waals surface area contributed by atoms with Crippen LogP contribution in [0.5, 0.6) is 0 Å². The van der Waals surface area contributed by atoms with Gasteiger partial charge in [-0.15, -0.1) is 0 Å². The van der Waals surface area contributed by atoms with Gasteiger partial charge in [0.15, 0.2) is 5.82 Å². The number of nitrogens with one attached hydrogen (secondary N) is 1. The summed E-state index contributed by atoms with van der Waals surface area (Å²) in [5.41, 5.74) is 0.488. The Balaban J connectivity index is 1.95. The summed E-state index contributed by atoms with van der Waals surface area (Å²) in [7, 11) is 0. The van der Waals surface area contributed by atoms with E-state index in [0.717, 1.165) is 12.1 Å². The quantitative estimate of drug-likeness (QED) is 0.668. The van der Waals surface area contributed by atoms with Crippen molar-refractivity contribution in [2.75, 3.05) is 5.32 Å². The number of carbonyl (C=O) groups is 1. The highest BCUT2D eigenvalue weighted by atomic mass is 35.5. The maximum Gasteiger partial charge on any atom is 0.416 e. The maximum atomic E-state index is 12.7. The van der Waals surface area contributed by atoms with Gasteiger partial charge >= 0.3 is 6.18 Å². The standard InChI is InChI=1S/C18H16ClF3N4O/c1-2-3-15(27)24-17-16-13(19)8-23-9-14(16)26(25-17)10-11-4-6-12(7-5-11)18(20,21)22/h4-9H,2-3,10H2,1H3,(H,24,25,27). The first-order chi connectivity index (χ1) is 12.8. The molecule has 0 aliphatic carbocycles. The van der Waals surface area contributed by atoms with Crippen LogP contribution in [0.15, 0.2) is 36.7 Å². The molecule has 0 atom stereocenters. The van der Waals surface area contributed by atoms with Crippen molar-refractivity contribution < 1.29 is 18.0 Å². The highest BCUT2D eigenvalue weighted by molar-refractivity contribution is 6.36. The van der Waals surface area contributed by atoms with Crippen LogP contribution in [0, 0.1) is 0 Å². The molecule has 2 heterocycles. The molecule has 0 aliphatic rings. The van der Waals surface area contributed by atoms with Gasteiger partial charge in [0.1, 0.15) is 0 Å². The average molecular weight is 397 g/mol. The number of nitrogens with zero attached hydrogens (tertiary/aromatic N) is 3. The lowest BCUT2D eigenvalue weighted by Crippen LogP contribution is -2.12. The van der Waals surface area contributed by atoms with Crippen LogP contribution < -0.4 is 5.32 Å². The molecule has 0 saturated heterocycles. The number of amides is 1. The molecule has 3 rings (SSSR count). The van der Waals surface area contributed by atoms with Gasteiger partial charge in [0.25, 0.3) is 0 Å². The second-order valence-corrected chi connectivity index (χ2v) is 6.42. The van der Waals surface area contributed by atoms with Crippen LogP contribution in [0.4, 0.5) is 19.0 Å². The van der Waals surface area contributed by atoms with Crippen LogP contribution in [0.2, 0.25) is 5.02 Å². The number of hydrogen-bond donors (Lipinski definition) is 1. The largest absolute Gasteiger partial charge is 0.416 e. The monoisotopic (exact) mass is 396 g/mol. The number of pyridine rings is 1. The summed E-state index contributed by atoms with van der Waals surface area (Å²) in [6.45, 7) is 2.10. The second-order valence-electron chi connectivity index (χ2n) is 6.01. The number of rotatable bonds is 5. The van der Waals surface area contributed by atoms with Gasteiger partial charge in [-0.05, 0) is 24.1 Å². The molecule has 0 fully saturated rings. The molecule has 1 aromatic carbocycles. The number of alkyl halides is 3. The number of anilines is 1. The van der Waals surface area contributed by atoms with E-state index in [1.165, 1.54) is 18.3 Å². The molecule has 2 aromatic heterocycles. The highest BCUT2D eigenvalue weighted by Gasteiger charge is 2.30. The van der Waals surface area contributed by atoms with Crippen LogP contribution in [0.25, 0.3) is 10.9 Å². The van der Waals surface area contributed by atoms with Gasteiger partial charge in [-0.3, -0.25) is 14.5 Å². The van der Waals surface area contributed by atoms with E-state index >= 15 is 0 Å². The van der Waals surface area contributed by atoms with Gasteiger partial charge in [-0.1, -0.05) is 30.7 Å². The second kappa shape index (κ2) is 7.56. The molecule has 3 aromatic rings. The maximum absolute atomic E-state index is 12.7. The Labute approximate surface area is 158 Å². The molecule has 0 radical (unpaired) electrons. The summed E-state index contributed by atoms with van der Waals surface area (Å²) in [6.07, 6.45) is -0.357. The summed E-state index contributed by atoms with van der Waals surface area (Å²) in [6, 6.07) is 4.83. The summed E-state index contributed by atoms with van der Waals surface area (Å²) < 4.78 is 39.7. The number of aromatic nitrogens is 3. The van der Waals surface area contributed by atoms with E-state index in [9.17, 15) is 18.0 Å². The van der Waals surface area contributed by atoms with Crippen molar-refractivity contribution in [1.82, 2.24) is 14.8 Å². The normalized spacial score (nSPS) is 11.7. The van der Waals surface area contributed by atoms with Crippen molar-refractivity contribution >= 4 is 34.2 Å². The molecule has 1 amide bonds. The predicted molar refractivity (Wildman–Crippen MR) is 96.6 cm³/mol. The van der Waals surface area contributed by atoms with Gasteiger partial charge in [0.2, 0.25) is 5.91 Å². The van der Waals surface area contributed by atoms with Crippen molar-refractivity contribution in [1.29, 1.82) is 0 Å². The molecule has 0 aliphatic heterocycles. The minimum Gasteiger partial charge on any atom is -0.309 e. The van der Waals surface area contributed by atoms with E-state index < -0.39 is 11.7 Å². The third kappa shape index (κ3) is 4.21. The predicted octanol–water partition coefficient (Wildman–Crippen LogP) is 4.89. The first-order valence-corrected chi connectivity index (χ1v) is 8.63. The molecule has 142 valence electrons. The van der Waals surface area contributed by atoms with Crippen LogP contribution in [-0.4, -0.2) is 20.7 Å². The summed E-state index contributed by atoms with van der Waals surface area (Å²) in [4.78, 5) is 16.0. The van der Waals surface area contributed by atoms with Crippen LogP contribution >= 0.6 is 11.6 Å². The molecule has 27 heavy (non-hydrogen) atoms. The Morgan fingerprint density at radius 3 is 2.56 bits per heavy atom. The fourth-order valence-corrected chi connectivity index (χ4v) is 2.92. The van der Waals surface area contributed by atoms with Crippen LogP contribution in [0.1, 0.15) is 30.9 Å². The molecular formula is C18H16ClF3N4O. The van der Waals surface area contributed by atoms with E-state index in [0.29, 0.717) is 40.1 Å². The summed E-state index contributed by atoms with van der Waals surface area (Å²) in [5, 5.41) is 7.98. The Kier molecular flexibility index (Phi) is 5.36. The number of benzene rings is 1. The Bertz CT molecular complexity index is 967. The molecule has 1 N–H and O–H groups in total. The van der Waals surface area contributed by atoms with Gasteiger partial charge in [0, 0.05) is 12.6 Å². The highest BCUT2D eigenvalue weighted by Crippen LogP contribution is 2.31. The van der Waals surface area contributed by atoms with Gasteiger partial charge in [-0.25, -0.2) is 0 Å². The lowest BCUT2D eigenvalue weighted by atomic mass is 10.1. The zero-order valence-corrected chi connectivity index (χ0v) is 15.1. The summed E-state index contributed by atoms with van der Waals surface area (Å²) in [5.74, 6) is 0.120. The zero-order valence-electron chi connectivity index (χ0n) is 14.3. The van der Waals surface area contributed by atoms with Crippen molar-refractivity contribution in [2.45, 2.75) is 32.5 Å². The molecule has 0 saturated carbocycles. The topological polar surface area (TPSA) is 59.8 Å². The molecule has 5 nitrogen and oxygen atoms in total. The van der Waals surface area contributed by atoms with Gasteiger partial charge in [0.05, 0.1) is 34.2 Å². The van der Waals surface area contributed by atoms with E-state index in [1.54, 1.807) is 10.9 Å². The van der Waals surface area contributed by atoms with Crippen molar-refractivity contribution in [3.8, 4) is 0 Å². The van der Waals surface area contributed by atoms with Gasteiger partial charge in [-0.2, -0.15) is 18.3 Å². The Morgan fingerprint density at radius 2 is 1.93 bits per heavy atom. The van der Waals surface area contributed by atoms with E-state index in [4.69, 9.17) is 11.6 Å². The van der Waals surface area contributed by atoms with Gasteiger partial charge < -0.3 is 5.32 Å². The Hall–Kier alpha value is -2.61. The van der Waals surface area contributed by atoms with E-state index in [-0.39, 0.29) is 12.5 Å². The Morgan fingerprint density at radius 1 is 1.22 bits per heavy atom. The number of hydrogen-bond acceptors (Lipinski definition) is 3. The molecule has 0 bridgehead atoms. The summed E-state index contributed by atoms with van der Waals surface area (Å²) >= 11 is 6.22. The first-order valence-electron chi connectivity index (χ1n) is 8.25. The minimum atomic E-state index is -4.38. The zero-order chi connectivity index (χ0) is 19.6. The molecule has 9 heteroatoms. The number of halogens is 4. The lowest BCUT2D eigenvalue weighted by Gasteiger charge is -2.08. The first kappa shape index (κ1) is 19.2. The fraction of sp³-hybridized carbons (Fsp3) is 0.278. The third-order valence-corrected chi connectivity index (χ3v) is 4.25. The SMILES string of the molecule is CCCC(=O)Nc1nn(Cc2ccc(C(F)(F)F)cc2)c2cncc(Cl)c12. The van der Waals surface area contributed by atoms with Crippen molar-refractivity contribution in [2.24, 2.45) is 0 Å². The van der Waals surface area contributed by atoms with E-state index in [1.807, 2.05) is 6.92 Å². The van der Waals surface area contributed by atoms with Crippen LogP contribution in [-0.2, 0) is 17.5 Å². The molecule has 0 unspecified atom stereocenters. The fourth-order valence-electron chi connectivity index (χ4n) is 2.68. The number of fused-ring (bicyclic) bond motifs is 1. The van der Waals surface area contributed by atoms with Crippen molar-refractivity contribution in [3.63, 3.8) is 0 Å². The average Bonchev–Trinajstić information content (AvgIpc) is 2.93.